The summed E-state index contributed by atoms with van der Waals surface area (Å²) in [4.78, 5) is 0. The molecule has 0 aromatic heterocycles. The van der Waals surface area contributed by atoms with Gasteiger partial charge < -0.3 is 24.6 Å². The van der Waals surface area contributed by atoms with Crippen LogP contribution in [0, 0.1) is 0 Å². The second kappa shape index (κ2) is 10.3. The van der Waals surface area contributed by atoms with Gasteiger partial charge in [0, 0.05) is 28.3 Å². The zero-order valence-electron chi connectivity index (χ0n) is 20.7. The number of nitrogens with one attached hydrogen (secondary N) is 2. The maximum Gasteiger partial charge on any atom is 0.193 e. The summed E-state index contributed by atoms with van der Waals surface area (Å²) in [5, 5.41) is 18.5. The number of ether oxygens (including phenoxy) is 3. The van der Waals surface area contributed by atoms with Crippen LogP contribution >= 0.6 is 12.2 Å². The van der Waals surface area contributed by atoms with E-state index in [4.69, 9.17) is 26.4 Å². The van der Waals surface area contributed by atoms with Crippen molar-refractivity contribution in [1.29, 1.82) is 0 Å². The minimum absolute atomic E-state index is 0.202. The molecule has 0 fully saturated rings. The van der Waals surface area contributed by atoms with Gasteiger partial charge in [0.05, 0.1) is 27.0 Å². The SMILES string of the molecule is COc1ccc(NC(=S)N2NC(c3ccc4ccccc4c3O)=CC2c2ccc(OC)cc2OC)cc1. The van der Waals surface area contributed by atoms with E-state index in [9.17, 15) is 5.11 Å². The second-order valence-electron chi connectivity index (χ2n) is 8.46. The molecule has 0 bridgehead atoms. The molecule has 5 rings (SSSR count). The molecule has 3 N–H and O–H groups in total. The number of methoxy groups -OCH3 is 3. The fraction of sp³-hybridized carbons (Fsp3) is 0.138. The van der Waals surface area contributed by atoms with Gasteiger partial charge in [-0.15, -0.1) is 0 Å². The molecule has 4 aromatic carbocycles. The molecule has 0 saturated carbocycles. The molecular formula is C29H27N3O4S. The highest BCUT2D eigenvalue weighted by atomic mass is 32.1. The third-order valence-corrected chi connectivity index (χ3v) is 6.65. The third-order valence-electron chi connectivity index (χ3n) is 6.35. The van der Waals surface area contributed by atoms with Crippen LogP contribution < -0.4 is 25.0 Å². The van der Waals surface area contributed by atoms with Gasteiger partial charge in [0.25, 0.3) is 0 Å². The molecule has 0 radical (unpaired) electrons. The molecule has 188 valence electrons. The van der Waals surface area contributed by atoms with E-state index in [-0.39, 0.29) is 11.8 Å². The second-order valence-corrected chi connectivity index (χ2v) is 8.84. The van der Waals surface area contributed by atoms with Crippen molar-refractivity contribution in [1.82, 2.24) is 10.4 Å². The Labute approximate surface area is 220 Å². The number of anilines is 1. The first-order chi connectivity index (χ1) is 18.0. The molecule has 1 aliphatic rings. The quantitative estimate of drug-likeness (QED) is 0.277. The van der Waals surface area contributed by atoms with E-state index >= 15 is 0 Å². The number of aromatic hydroxyl groups is 1. The monoisotopic (exact) mass is 513 g/mol. The number of benzene rings is 4. The fourth-order valence-electron chi connectivity index (χ4n) is 4.42. The van der Waals surface area contributed by atoms with Gasteiger partial charge in [-0.25, -0.2) is 0 Å². The zero-order chi connectivity index (χ0) is 25.9. The van der Waals surface area contributed by atoms with Crippen molar-refractivity contribution >= 4 is 39.5 Å². The Kier molecular flexibility index (Phi) is 6.74. The molecule has 0 aliphatic carbocycles. The van der Waals surface area contributed by atoms with Crippen LogP contribution in [0.5, 0.6) is 23.0 Å². The topological polar surface area (TPSA) is 75.2 Å². The molecule has 4 aromatic rings. The van der Waals surface area contributed by atoms with Crippen LogP contribution in [0.4, 0.5) is 5.69 Å². The first-order valence-corrected chi connectivity index (χ1v) is 12.1. The smallest absolute Gasteiger partial charge is 0.193 e. The number of thiocarbonyl (C=S) groups is 1. The van der Waals surface area contributed by atoms with Crippen LogP contribution in [0.3, 0.4) is 0 Å². The number of hydrazine groups is 1. The van der Waals surface area contributed by atoms with Gasteiger partial charge in [-0.05, 0) is 66.1 Å². The summed E-state index contributed by atoms with van der Waals surface area (Å²) in [6.07, 6.45) is 2.02. The summed E-state index contributed by atoms with van der Waals surface area (Å²) >= 11 is 5.83. The van der Waals surface area contributed by atoms with E-state index in [0.29, 0.717) is 22.2 Å². The van der Waals surface area contributed by atoms with Gasteiger partial charge >= 0.3 is 0 Å². The summed E-state index contributed by atoms with van der Waals surface area (Å²) in [5.41, 5.74) is 6.50. The largest absolute Gasteiger partial charge is 0.507 e. The Hall–Kier alpha value is -4.43. The van der Waals surface area contributed by atoms with Crippen molar-refractivity contribution in [2.45, 2.75) is 6.04 Å². The normalized spacial score (nSPS) is 14.6. The standard InChI is InChI=1S/C29H27N3O4S/c1-34-20-11-9-19(10-12-20)30-29(37)32-26(24-15-13-21(35-2)16-27(24)36-3)17-25(31-32)23-14-8-18-6-4-5-7-22(18)28(23)33/h4-17,26,31,33H,1-3H3,(H,30,37). The maximum absolute atomic E-state index is 11.1. The van der Waals surface area contributed by atoms with Crippen LogP contribution in [-0.2, 0) is 0 Å². The predicted octanol–water partition coefficient (Wildman–Crippen LogP) is 5.87. The number of hydrogen-bond donors (Lipinski definition) is 3. The van der Waals surface area contributed by atoms with Crippen molar-refractivity contribution in [2.24, 2.45) is 0 Å². The molecule has 0 saturated heterocycles. The lowest BCUT2D eigenvalue weighted by atomic mass is 10.0. The molecule has 1 heterocycles. The Morgan fingerprint density at radius 2 is 1.62 bits per heavy atom. The van der Waals surface area contributed by atoms with Crippen LogP contribution in [-0.4, -0.2) is 36.6 Å². The highest BCUT2D eigenvalue weighted by Crippen LogP contribution is 2.41. The van der Waals surface area contributed by atoms with Crippen molar-refractivity contribution in [3.05, 3.63) is 96.1 Å². The lowest BCUT2D eigenvalue weighted by Crippen LogP contribution is -2.42. The summed E-state index contributed by atoms with van der Waals surface area (Å²) in [7, 11) is 4.87. The van der Waals surface area contributed by atoms with Gasteiger partial charge in [-0.1, -0.05) is 30.3 Å². The Morgan fingerprint density at radius 1 is 0.892 bits per heavy atom. The molecular weight excluding hydrogens is 486 g/mol. The molecule has 0 amide bonds. The van der Waals surface area contributed by atoms with Gasteiger partial charge in [0.15, 0.2) is 5.11 Å². The third kappa shape index (κ3) is 4.71. The Balaban J connectivity index is 1.54. The van der Waals surface area contributed by atoms with E-state index in [1.165, 1.54) is 0 Å². The van der Waals surface area contributed by atoms with E-state index in [1.54, 1.807) is 21.3 Å². The molecule has 1 atom stereocenters. The van der Waals surface area contributed by atoms with Crippen LogP contribution in [0.25, 0.3) is 16.5 Å². The van der Waals surface area contributed by atoms with Crippen molar-refractivity contribution in [3.63, 3.8) is 0 Å². The minimum atomic E-state index is -0.333. The van der Waals surface area contributed by atoms with E-state index in [2.05, 4.69) is 10.7 Å². The number of nitrogens with zero attached hydrogens (tertiary/aromatic N) is 1. The highest BCUT2D eigenvalue weighted by Gasteiger charge is 2.32. The van der Waals surface area contributed by atoms with E-state index in [0.717, 1.165) is 33.5 Å². The predicted molar refractivity (Wildman–Crippen MR) is 150 cm³/mol. The zero-order valence-corrected chi connectivity index (χ0v) is 21.5. The van der Waals surface area contributed by atoms with Gasteiger partial charge in [0.1, 0.15) is 29.0 Å². The van der Waals surface area contributed by atoms with Crippen molar-refractivity contribution in [3.8, 4) is 23.0 Å². The lowest BCUT2D eigenvalue weighted by Gasteiger charge is -2.29. The van der Waals surface area contributed by atoms with Gasteiger partial charge in [-0.2, -0.15) is 0 Å². The number of rotatable bonds is 6. The maximum atomic E-state index is 11.1. The van der Waals surface area contributed by atoms with E-state index in [1.807, 2.05) is 89.9 Å². The molecule has 8 heteroatoms. The first-order valence-electron chi connectivity index (χ1n) is 11.7. The Bertz CT molecular complexity index is 1490. The Morgan fingerprint density at radius 3 is 2.35 bits per heavy atom. The molecule has 7 nitrogen and oxygen atoms in total. The highest BCUT2D eigenvalue weighted by molar-refractivity contribution is 7.80. The molecule has 0 spiro atoms. The van der Waals surface area contributed by atoms with Crippen molar-refractivity contribution in [2.75, 3.05) is 26.6 Å². The number of phenolic OH excluding ortho intramolecular Hbond substituents is 1. The first kappa shape index (κ1) is 24.3. The summed E-state index contributed by atoms with van der Waals surface area (Å²) in [6.45, 7) is 0. The average molecular weight is 514 g/mol. The summed E-state index contributed by atoms with van der Waals surface area (Å²) in [6, 6.07) is 24.5. The summed E-state index contributed by atoms with van der Waals surface area (Å²) < 4.78 is 16.3. The number of fused-ring (bicyclic) bond motifs is 1. The summed E-state index contributed by atoms with van der Waals surface area (Å²) in [5.74, 6) is 2.30. The molecule has 1 unspecified atom stereocenters. The molecule has 37 heavy (non-hydrogen) atoms. The average Bonchev–Trinajstić information content (AvgIpc) is 3.38. The van der Waals surface area contributed by atoms with Crippen LogP contribution in [0.15, 0.2) is 84.9 Å². The molecule has 1 aliphatic heterocycles. The van der Waals surface area contributed by atoms with Gasteiger partial charge in [0.2, 0.25) is 0 Å². The van der Waals surface area contributed by atoms with Crippen molar-refractivity contribution < 1.29 is 19.3 Å². The number of phenols is 1. The van der Waals surface area contributed by atoms with Crippen LogP contribution in [0.1, 0.15) is 17.2 Å². The number of hydrogen-bond acceptors (Lipinski definition) is 6. The lowest BCUT2D eigenvalue weighted by molar-refractivity contribution is 0.331. The van der Waals surface area contributed by atoms with Gasteiger partial charge in [-0.3, -0.25) is 10.4 Å². The van der Waals surface area contributed by atoms with Crippen LogP contribution in [0.2, 0.25) is 0 Å². The fourth-order valence-corrected chi connectivity index (χ4v) is 4.70. The minimum Gasteiger partial charge on any atom is -0.507 e. The van der Waals surface area contributed by atoms with E-state index < -0.39 is 0 Å².